The van der Waals surface area contributed by atoms with Crippen LogP contribution in [0.15, 0.2) is 72.9 Å². The van der Waals surface area contributed by atoms with E-state index in [0.717, 1.165) is 52.2 Å². The van der Waals surface area contributed by atoms with Crippen LogP contribution in [0.4, 0.5) is 10.3 Å². The average Bonchev–Trinajstić information content (AvgIpc) is 3.47. The molecule has 1 atom stereocenters. The first-order valence-electron chi connectivity index (χ1n) is 11.6. The topological polar surface area (TPSA) is 77.8 Å². The molecule has 0 saturated carbocycles. The molecule has 0 amide bonds. The number of pyridine rings is 1. The maximum Gasteiger partial charge on any atom is 0.222 e. The Morgan fingerprint density at radius 2 is 1.86 bits per heavy atom. The minimum atomic E-state index is -0.282. The maximum absolute atomic E-state index is 13.6. The first-order valence-corrected chi connectivity index (χ1v) is 11.6. The van der Waals surface area contributed by atoms with Crippen LogP contribution in [0.2, 0.25) is 0 Å². The van der Waals surface area contributed by atoms with Crippen LogP contribution >= 0.6 is 0 Å². The molecule has 0 saturated heterocycles. The van der Waals surface area contributed by atoms with Crippen molar-refractivity contribution in [1.29, 1.82) is 0 Å². The lowest BCUT2D eigenvalue weighted by Gasteiger charge is -2.18. The van der Waals surface area contributed by atoms with Gasteiger partial charge in [0.05, 0.1) is 28.6 Å². The number of rotatable bonds is 6. The lowest BCUT2D eigenvalue weighted by atomic mass is 10.1. The lowest BCUT2D eigenvalue weighted by Crippen LogP contribution is -2.15. The van der Waals surface area contributed by atoms with Crippen LogP contribution in [0, 0.1) is 5.82 Å². The van der Waals surface area contributed by atoms with Crippen molar-refractivity contribution in [1.82, 2.24) is 24.5 Å². The second-order valence-corrected chi connectivity index (χ2v) is 8.46. The maximum atomic E-state index is 13.6. The summed E-state index contributed by atoms with van der Waals surface area (Å²) in [5, 5.41) is 4.08. The molecule has 2 aromatic carbocycles. The first kappa shape index (κ1) is 21.2. The molecule has 3 aromatic heterocycles. The van der Waals surface area contributed by atoms with Crippen LogP contribution in [0.25, 0.3) is 33.5 Å². The van der Waals surface area contributed by atoms with E-state index in [2.05, 4.69) is 19.9 Å². The fourth-order valence-corrected chi connectivity index (χ4v) is 4.61. The largest absolute Gasteiger partial charge is 0.475 e. The Morgan fingerprint density at radius 3 is 2.71 bits per heavy atom. The summed E-state index contributed by atoms with van der Waals surface area (Å²) in [6.45, 7) is 0.453. The number of nitrogens with one attached hydrogen (secondary N) is 1. The molecule has 1 unspecified atom stereocenters. The number of anilines is 1. The number of benzene rings is 2. The number of hydrogen-bond acceptors (Lipinski definition) is 6. The zero-order chi connectivity index (χ0) is 23.8. The molecule has 1 aliphatic rings. The van der Waals surface area contributed by atoms with E-state index in [-0.39, 0.29) is 11.9 Å². The smallest absolute Gasteiger partial charge is 0.222 e. The highest BCUT2D eigenvalue weighted by molar-refractivity contribution is 5.79. The monoisotopic (exact) mass is 466 g/mol. The summed E-state index contributed by atoms with van der Waals surface area (Å²) in [4.78, 5) is 18.6. The van der Waals surface area contributed by atoms with E-state index < -0.39 is 0 Å². The van der Waals surface area contributed by atoms with Crippen molar-refractivity contribution < 1.29 is 9.13 Å². The average molecular weight is 467 g/mol. The van der Waals surface area contributed by atoms with Gasteiger partial charge >= 0.3 is 0 Å². The van der Waals surface area contributed by atoms with Gasteiger partial charge in [0.2, 0.25) is 11.8 Å². The predicted molar refractivity (Wildman–Crippen MR) is 133 cm³/mol. The Balaban J connectivity index is 1.38. The number of aryl methyl sites for hydroxylation is 1. The van der Waals surface area contributed by atoms with Crippen molar-refractivity contribution in [2.45, 2.75) is 18.9 Å². The molecule has 6 rings (SSSR count). The zero-order valence-corrected chi connectivity index (χ0v) is 19.1. The fourth-order valence-electron chi connectivity index (χ4n) is 4.61. The summed E-state index contributed by atoms with van der Waals surface area (Å²) in [6.07, 6.45) is 3.44. The van der Waals surface area contributed by atoms with Crippen molar-refractivity contribution in [2.75, 3.05) is 19.0 Å². The van der Waals surface area contributed by atoms with Gasteiger partial charge in [-0.2, -0.15) is 0 Å². The van der Waals surface area contributed by atoms with Crippen molar-refractivity contribution in [3.63, 3.8) is 0 Å². The Bertz CT molecular complexity index is 1510. The zero-order valence-electron chi connectivity index (χ0n) is 19.1. The van der Waals surface area contributed by atoms with E-state index in [1.807, 2.05) is 42.5 Å². The van der Waals surface area contributed by atoms with Gasteiger partial charge in [-0.3, -0.25) is 0 Å². The fraction of sp³-hybridized carbons (Fsp3) is 0.185. The number of halogens is 1. The van der Waals surface area contributed by atoms with Crippen LogP contribution in [-0.4, -0.2) is 38.2 Å². The Hall–Kier alpha value is -4.33. The van der Waals surface area contributed by atoms with Gasteiger partial charge in [-0.1, -0.05) is 18.2 Å². The number of hydrogen-bond donors (Lipinski definition) is 1. The van der Waals surface area contributed by atoms with Crippen molar-refractivity contribution in [2.24, 2.45) is 0 Å². The van der Waals surface area contributed by atoms with E-state index in [9.17, 15) is 4.39 Å². The summed E-state index contributed by atoms with van der Waals surface area (Å²) < 4.78 is 22.0. The Kier molecular flexibility index (Phi) is 5.33. The number of fused-ring (bicyclic) bond motifs is 2. The highest BCUT2D eigenvalue weighted by Crippen LogP contribution is 2.39. The molecule has 0 aliphatic carbocycles. The van der Waals surface area contributed by atoms with Gasteiger partial charge < -0.3 is 14.6 Å². The van der Waals surface area contributed by atoms with Crippen LogP contribution in [0.3, 0.4) is 0 Å². The van der Waals surface area contributed by atoms with Gasteiger partial charge in [0.15, 0.2) is 0 Å². The third-order valence-corrected chi connectivity index (χ3v) is 6.29. The van der Waals surface area contributed by atoms with Gasteiger partial charge in [0.25, 0.3) is 0 Å². The summed E-state index contributed by atoms with van der Waals surface area (Å²) in [5.74, 6) is 1.80. The molecule has 0 bridgehead atoms. The van der Waals surface area contributed by atoms with E-state index >= 15 is 0 Å². The molecule has 35 heavy (non-hydrogen) atoms. The van der Waals surface area contributed by atoms with E-state index in [0.29, 0.717) is 18.4 Å². The summed E-state index contributed by atoms with van der Waals surface area (Å²) in [7, 11) is 1.79. The molecule has 1 N–H and O–H groups in total. The third-order valence-electron chi connectivity index (χ3n) is 6.29. The van der Waals surface area contributed by atoms with Crippen molar-refractivity contribution in [3.8, 4) is 28.5 Å². The van der Waals surface area contributed by atoms with Crippen LogP contribution in [0.1, 0.15) is 18.3 Å². The molecule has 4 heterocycles. The van der Waals surface area contributed by atoms with Gasteiger partial charge in [-0.25, -0.2) is 24.3 Å². The van der Waals surface area contributed by atoms with Crippen LogP contribution in [-0.2, 0) is 6.42 Å². The molecule has 0 fully saturated rings. The Labute approximate surface area is 201 Å². The lowest BCUT2D eigenvalue weighted by molar-refractivity contribution is 0.248. The second-order valence-electron chi connectivity index (χ2n) is 8.46. The van der Waals surface area contributed by atoms with E-state index in [1.54, 1.807) is 25.4 Å². The van der Waals surface area contributed by atoms with Crippen LogP contribution < -0.4 is 10.1 Å². The highest BCUT2D eigenvalue weighted by atomic mass is 19.1. The second kappa shape index (κ2) is 8.79. The molecule has 5 aromatic rings. The standard InChI is InChI=1S/C27H23FN6O/c1-29-27-30-15-14-22(32-27)26-25(18-6-9-19(28)10-7-18)33-23-12-11-20(34(23)26)16-35-24-13-8-17-4-2-3-5-21(17)31-24/h2-10,13-15,20H,11-12,16H2,1H3,(H,29,30,32). The number of ether oxygens (including phenoxy) is 1. The van der Waals surface area contributed by atoms with Gasteiger partial charge in [-0.05, 0) is 48.9 Å². The molecular weight excluding hydrogens is 443 g/mol. The predicted octanol–water partition coefficient (Wildman–Crippen LogP) is 5.30. The molecule has 174 valence electrons. The summed E-state index contributed by atoms with van der Waals surface area (Å²) in [5.41, 5.74) is 4.14. The van der Waals surface area contributed by atoms with Gasteiger partial charge in [-0.15, -0.1) is 0 Å². The minimum Gasteiger partial charge on any atom is -0.475 e. The quantitative estimate of drug-likeness (QED) is 0.366. The normalized spacial score (nSPS) is 14.7. The summed E-state index contributed by atoms with van der Waals surface area (Å²) in [6, 6.07) is 20.2. The minimum absolute atomic E-state index is 0.0583. The van der Waals surface area contributed by atoms with E-state index in [4.69, 9.17) is 14.7 Å². The Morgan fingerprint density at radius 1 is 1.00 bits per heavy atom. The molecule has 0 spiro atoms. The third kappa shape index (κ3) is 3.97. The number of aromatic nitrogens is 5. The molecule has 7 nitrogen and oxygen atoms in total. The summed E-state index contributed by atoms with van der Waals surface area (Å²) >= 11 is 0. The molecule has 1 aliphatic heterocycles. The van der Waals surface area contributed by atoms with E-state index in [1.165, 1.54) is 12.1 Å². The molecular formula is C27H23FN6O. The first-order chi connectivity index (χ1) is 17.2. The number of para-hydroxylation sites is 1. The van der Waals surface area contributed by atoms with Crippen molar-refractivity contribution in [3.05, 3.63) is 84.6 Å². The molecule has 0 radical (unpaired) electrons. The SMILES string of the molecule is CNc1nccc(-c2c(-c3ccc(F)cc3)nc3n2C(COc2ccc4ccccc4n2)CC3)n1. The van der Waals surface area contributed by atoms with Crippen molar-refractivity contribution >= 4 is 16.9 Å². The number of imidazole rings is 1. The highest BCUT2D eigenvalue weighted by Gasteiger charge is 2.31. The van der Waals surface area contributed by atoms with Crippen LogP contribution in [0.5, 0.6) is 5.88 Å². The van der Waals surface area contributed by atoms with Gasteiger partial charge in [0, 0.05) is 36.7 Å². The molecule has 8 heteroatoms. The number of nitrogens with zero attached hydrogens (tertiary/aromatic N) is 5. The van der Waals surface area contributed by atoms with Gasteiger partial charge in [0.1, 0.15) is 18.2 Å².